The Morgan fingerprint density at radius 3 is 2.29 bits per heavy atom. The number of rotatable bonds is 4. The molecule has 3 aromatic carbocycles. The molecule has 0 spiro atoms. The number of anilines is 1. The number of amides is 1. The van der Waals surface area contributed by atoms with Crippen molar-refractivity contribution < 1.29 is 13.2 Å². The number of carbonyl (C=O) groups is 1. The third-order valence-corrected chi connectivity index (χ3v) is 4.93. The molecule has 0 saturated carbocycles. The van der Waals surface area contributed by atoms with Crippen molar-refractivity contribution in [1.29, 1.82) is 0 Å². The molecule has 122 valence electrons. The molecular weight excluding hydrogens is 322 g/mol. The van der Waals surface area contributed by atoms with Gasteiger partial charge in [-0.2, -0.15) is 0 Å². The van der Waals surface area contributed by atoms with Crippen molar-refractivity contribution in [2.24, 2.45) is 0 Å². The minimum Gasteiger partial charge on any atom is -0.326 e. The van der Waals surface area contributed by atoms with E-state index in [1.807, 2.05) is 42.5 Å². The van der Waals surface area contributed by atoms with Crippen molar-refractivity contribution >= 4 is 32.2 Å². The van der Waals surface area contributed by atoms with Gasteiger partial charge in [0, 0.05) is 11.9 Å². The minimum atomic E-state index is -3.23. The maximum atomic E-state index is 12.3. The normalized spacial score (nSPS) is 11.4. The number of nitrogens with one attached hydrogen (secondary N) is 1. The van der Waals surface area contributed by atoms with Crippen molar-refractivity contribution in [3.63, 3.8) is 0 Å². The Balaban J connectivity index is 1.76. The van der Waals surface area contributed by atoms with Gasteiger partial charge in [0.15, 0.2) is 9.84 Å². The van der Waals surface area contributed by atoms with E-state index < -0.39 is 9.84 Å². The fraction of sp³-hybridized carbons (Fsp3) is 0.105. The number of hydrogen-bond donors (Lipinski definition) is 1. The molecule has 3 rings (SSSR count). The summed E-state index contributed by atoms with van der Waals surface area (Å²) < 4.78 is 22.9. The van der Waals surface area contributed by atoms with E-state index in [-0.39, 0.29) is 17.2 Å². The van der Waals surface area contributed by atoms with Gasteiger partial charge >= 0.3 is 0 Å². The lowest BCUT2D eigenvalue weighted by Crippen LogP contribution is -2.14. The maximum Gasteiger partial charge on any atom is 0.228 e. The van der Waals surface area contributed by atoms with Gasteiger partial charge in [-0.25, -0.2) is 8.42 Å². The Hall–Kier alpha value is -2.66. The highest BCUT2D eigenvalue weighted by molar-refractivity contribution is 7.90. The largest absolute Gasteiger partial charge is 0.326 e. The molecule has 0 aliphatic heterocycles. The van der Waals surface area contributed by atoms with Crippen molar-refractivity contribution in [1.82, 2.24) is 0 Å². The van der Waals surface area contributed by atoms with Gasteiger partial charge in [-0.15, -0.1) is 0 Å². The van der Waals surface area contributed by atoms with Gasteiger partial charge in [0.1, 0.15) is 0 Å². The molecule has 0 fully saturated rings. The number of hydrogen-bond acceptors (Lipinski definition) is 3. The quantitative estimate of drug-likeness (QED) is 0.792. The molecule has 0 aromatic heterocycles. The van der Waals surface area contributed by atoms with Crippen LogP contribution < -0.4 is 5.32 Å². The van der Waals surface area contributed by atoms with Gasteiger partial charge in [0.05, 0.1) is 11.3 Å². The summed E-state index contributed by atoms with van der Waals surface area (Å²) >= 11 is 0. The third-order valence-electron chi connectivity index (χ3n) is 3.80. The lowest BCUT2D eigenvalue weighted by molar-refractivity contribution is -0.115. The van der Waals surface area contributed by atoms with Crippen LogP contribution in [0.4, 0.5) is 5.69 Å². The number of benzene rings is 3. The summed E-state index contributed by atoms with van der Waals surface area (Å²) in [5.41, 5.74) is 1.53. The zero-order chi connectivity index (χ0) is 17.2. The van der Waals surface area contributed by atoms with E-state index in [0.717, 1.165) is 22.6 Å². The molecule has 0 bridgehead atoms. The Morgan fingerprint density at radius 2 is 1.58 bits per heavy atom. The van der Waals surface area contributed by atoms with Crippen molar-refractivity contribution in [2.45, 2.75) is 11.3 Å². The molecule has 24 heavy (non-hydrogen) atoms. The summed E-state index contributed by atoms with van der Waals surface area (Å²) in [6, 6.07) is 20.0. The van der Waals surface area contributed by atoms with E-state index in [1.165, 1.54) is 12.1 Å². The van der Waals surface area contributed by atoms with Crippen molar-refractivity contribution in [2.75, 3.05) is 11.6 Å². The molecule has 3 aromatic rings. The van der Waals surface area contributed by atoms with E-state index in [9.17, 15) is 13.2 Å². The second-order valence-electron chi connectivity index (χ2n) is 5.66. The third kappa shape index (κ3) is 3.63. The minimum absolute atomic E-state index is 0.140. The van der Waals surface area contributed by atoms with Gasteiger partial charge in [-0.3, -0.25) is 4.79 Å². The van der Waals surface area contributed by atoms with Crippen molar-refractivity contribution in [3.05, 3.63) is 72.3 Å². The van der Waals surface area contributed by atoms with Gasteiger partial charge in [-0.1, -0.05) is 42.5 Å². The molecule has 1 N–H and O–H groups in total. The van der Waals surface area contributed by atoms with E-state index in [1.54, 1.807) is 12.1 Å². The van der Waals surface area contributed by atoms with Crippen LogP contribution in [0.15, 0.2) is 71.6 Å². The first-order valence-electron chi connectivity index (χ1n) is 7.50. The van der Waals surface area contributed by atoms with Crippen LogP contribution in [-0.4, -0.2) is 20.6 Å². The number of sulfone groups is 1. The topological polar surface area (TPSA) is 63.2 Å². The maximum absolute atomic E-state index is 12.3. The molecule has 0 radical (unpaired) electrons. The fourth-order valence-corrected chi connectivity index (χ4v) is 3.24. The SMILES string of the molecule is CS(=O)(=O)c1ccc(NC(=O)Cc2cccc3ccccc23)cc1. The van der Waals surface area contributed by atoms with Crippen LogP contribution in [0.3, 0.4) is 0 Å². The highest BCUT2D eigenvalue weighted by Crippen LogP contribution is 2.20. The average molecular weight is 339 g/mol. The van der Waals surface area contributed by atoms with Gasteiger partial charge in [0.25, 0.3) is 0 Å². The second-order valence-corrected chi connectivity index (χ2v) is 7.68. The Bertz CT molecular complexity index is 987. The van der Waals surface area contributed by atoms with Crippen LogP contribution in [0.2, 0.25) is 0 Å². The lowest BCUT2D eigenvalue weighted by Gasteiger charge is -2.08. The van der Waals surface area contributed by atoms with E-state index in [2.05, 4.69) is 5.32 Å². The monoisotopic (exact) mass is 339 g/mol. The van der Waals surface area contributed by atoms with Crippen LogP contribution in [0.5, 0.6) is 0 Å². The summed E-state index contributed by atoms with van der Waals surface area (Å²) in [5.74, 6) is -0.140. The predicted octanol–water partition coefficient (Wildman–Crippen LogP) is 3.42. The molecule has 5 heteroatoms. The summed E-state index contributed by atoms with van der Waals surface area (Å²) in [4.78, 5) is 12.5. The van der Waals surface area contributed by atoms with Crippen LogP contribution >= 0.6 is 0 Å². The van der Waals surface area contributed by atoms with Crippen LogP contribution in [0, 0.1) is 0 Å². The highest BCUT2D eigenvalue weighted by Gasteiger charge is 2.09. The summed E-state index contributed by atoms with van der Waals surface area (Å²) in [6.45, 7) is 0. The van der Waals surface area contributed by atoms with Crippen LogP contribution in [0.1, 0.15) is 5.56 Å². The first-order chi connectivity index (χ1) is 11.4. The molecule has 0 saturated heterocycles. The van der Waals surface area contributed by atoms with E-state index in [0.29, 0.717) is 5.69 Å². The first-order valence-corrected chi connectivity index (χ1v) is 9.39. The molecule has 0 aliphatic carbocycles. The molecule has 0 atom stereocenters. The summed E-state index contributed by atoms with van der Waals surface area (Å²) in [7, 11) is -3.23. The van der Waals surface area contributed by atoms with E-state index >= 15 is 0 Å². The molecule has 1 amide bonds. The smallest absolute Gasteiger partial charge is 0.228 e. The van der Waals surface area contributed by atoms with Crippen molar-refractivity contribution in [3.8, 4) is 0 Å². The Kier molecular flexibility index (Phi) is 4.36. The highest BCUT2D eigenvalue weighted by atomic mass is 32.2. The zero-order valence-corrected chi connectivity index (χ0v) is 14.0. The standard InChI is InChI=1S/C19H17NO3S/c1-24(22,23)17-11-9-16(10-12-17)20-19(21)13-15-7-4-6-14-5-2-3-8-18(14)15/h2-12H,13H2,1H3,(H,20,21). The second kappa shape index (κ2) is 6.45. The Morgan fingerprint density at radius 1 is 0.917 bits per heavy atom. The zero-order valence-electron chi connectivity index (χ0n) is 13.2. The van der Waals surface area contributed by atoms with Gasteiger partial charge in [-0.05, 0) is 40.6 Å². The summed E-state index contributed by atoms with van der Waals surface area (Å²) in [5, 5.41) is 4.96. The van der Waals surface area contributed by atoms with Gasteiger partial charge in [0.2, 0.25) is 5.91 Å². The molecule has 0 aliphatic rings. The Labute approximate surface area is 141 Å². The van der Waals surface area contributed by atoms with Gasteiger partial charge < -0.3 is 5.32 Å². The fourth-order valence-electron chi connectivity index (χ4n) is 2.61. The number of fused-ring (bicyclic) bond motifs is 1. The molecule has 0 heterocycles. The van der Waals surface area contributed by atoms with Crippen LogP contribution in [0.25, 0.3) is 10.8 Å². The summed E-state index contributed by atoms with van der Waals surface area (Å²) in [6.07, 6.45) is 1.41. The molecule has 0 unspecified atom stereocenters. The lowest BCUT2D eigenvalue weighted by atomic mass is 10.0. The van der Waals surface area contributed by atoms with E-state index in [4.69, 9.17) is 0 Å². The number of carbonyl (C=O) groups excluding carboxylic acids is 1. The first kappa shape index (κ1) is 16.2. The predicted molar refractivity (Wildman–Crippen MR) is 95.8 cm³/mol. The van der Waals surface area contributed by atoms with Crippen LogP contribution in [-0.2, 0) is 21.1 Å². The average Bonchev–Trinajstić information content (AvgIpc) is 2.55. The molecule has 4 nitrogen and oxygen atoms in total. The molecular formula is C19H17NO3S.